The van der Waals surface area contributed by atoms with Gasteiger partial charge in [-0.2, -0.15) is 0 Å². The van der Waals surface area contributed by atoms with E-state index in [0.29, 0.717) is 6.42 Å². The second-order valence-corrected chi connectivity index (χ2v) is 6.05. The zero-order valence-electron chi connectivity index (χ0n) is 11.4. The number of carbonyl (C=O) groups excluding carboxylic acids is 2. The van der Waals surface area contributed by atoms with E-state index in [4.69, 9.17) is 0 Å². The van der Waals surface area contributed by atoms with Gasteiger partial charge < -0.3 is 5.11 Å². The summed E-state index contributed by atoms with van der Waals surface area (Å²) < 4.78 is 0. The van der Waals surface area contributed by atoms with E-state index < -0.39 is 16.4 Å². The molecule has 0 amide bonds. The Bertz CT molecular complexity index is 362. The van der Waals surface area contributed by atoms with Gasteiger partial charge in [0.15, 0.2) is 17.2 Å². The Morgan fingerprint density at radius 2 is 1.47 bits per heavy atom. The van der Waals surface area contributed by atoms with Gasteiger partial charge in [-0.05, 0) is 6.42 Å². The number of hydrogen-bond donors (Lipinski definition) is 1. The maximum absolute atomic E-state index is 12.3. The smallest absolute Gasteiger partial charge is 0.185 e. The van der Waals surface area contributed by atoms with E-state index in [9.17, 15) is 14.7 Å². The first-order valence-corrected chi connectivity index (χ1v) is 6.00. The lowest BCUT2D eigenvalue weighted by Gasteiger charge is -2.30. The van der Waals surface area contributed by atoms with Crippen molar-refractivity contribution >= 4 is 11.6 Å². The molecule has 0 saturated heterocycles. The van der Waals surface area contributed by atoms with Crippen LogP contribution in [0.5, 0.6) is 0 Å². The summed E-state index contributed by atoms with van der Waals surface area (Å²) in [5, 5.41) is 10.4. The van der Waals surface area contributed by atoms with Crippen molar-refractivity contribution in [3.05, 3.63) is 12.2 Å². The van der Waals surface area contributed by atoms with Crippen molar-refractivity contribution in [1.82, 2.24) is 0 Å². The van der Waals surface area contributed by atoms with Gasteiger partial charge in [-0.3, -0.25) is 9.59 Å². The first-order chi connectivity index (χ1) is 7.51. The van der Waals surface area contributed by atoms with Crippen molar-refractivity contribution in [1.29, 1.82) is 0 Å². The van der Waals surface area contributed by atoms with Crippen molar-refractivity contribution in [2.75, 3.05) is 0 Å². The molecule has 0 atom stereocenters. The van der Waals surface area contributed by atoms with Crippen LogP contribution in [0.4, 0.5) is 0 Å². The Balaban J connectivity index is 3.25. The molecule has 0 aromatic rings. The Kier molecular flexibility index (Phi) is 3.13. The summed E-state index contributed by atoms with van der Waals surface area (Å²) in [4.78, 5) is 24.6. The van der Waals surface area contributed by atoms with Crippen LogP contribution < -0.4 is 0 Å². The number of Topliss-reactive ketones (excluding diaryl/α,β-unsaturated/α-hetero) is 2. The standard InChI is InChI=1S/C14H22O3/c1-7-9(2)8-14(17)10(15)12(3,4)13(5,6)11(14)16/h17H,2,7-8H2,1,3-6H3. The molecule has 0 heterocycles. The Hall–Kier alpha value is -0.960. The van der Waals surface area contributed by atoms with Crippen LogP contribution in [-0.2, 0) is 9.59 Å². The average Bonchev–Trinajstić information content (AvgIpc) is 2.32. The molecule has 0 aromatic carbocycles. The molecule has 0 aromatic heterocycles. The predicted octanol–water partition coefficient (Wildman–Crippen LogP) is 2.28. The molecule has 0 radical (unpaired) electrons. The molecular weight excluding hydrogens is 216 g/mol. The predicted molar refractivity (Wildman–Crippen MR) is 66.6 cm³/mol. The van der Waals surface area contributed by atoms with Crippen LogP contribution in [-0.4, -0.2) is 22.3 Å². The molecule has 1 rings (SSSR count). The highest BCUT2D eigenvalue weighted by Crippen LogP contribution is 2.52. The highest BCUT2D eigenvalue weighted by atomic mass is 16.3. The Morgan fingerprint density at radius 1 is 1.12 bits per heavy atom. The highest BCUT2D eigenvalue weighted by Gasteiger charge is 2.67. The van der Waals surface area contributed by atoms with Crippen LogP contribution >= 0.6 is 0 Å². The van der Waals surface area contributed by atoms with Crippen molar-refractivity contribution in [2.45, 2.75) is 53.1 Å². The first-order valence-electron chi connectivity index (χ1n) is 6.00. The number of ketones is 2. The van der Waals surface area contributed by atoms with Crippen LogP contribution in [0.2, 0.25) is 0 Å². The van der Waals surface area contributed by atoms with Crippen LogP contribution in [0, 0.1) is 10.8 Å². The van der Waals surface area contributed by atoms with Gasteiger partial charge in [0.2, 0.25) is 0 Å². The minimum atomic E-state index is -1.87. The van der Waals surface area contributed by atoms with Gasteiger partial charge in [-0.25, -0.2) is 0 Å². The van der Waals surface area contributed by atoms with E-state index in [1.807, 2.05) is 6.92 Å². The molecule has 3 nitrogen and oxygen atoms in total. The normalized spacial score (nSPS) is 25.1. The number of carbonyl (C=O) groups is 2. The summed E-state index contributed by atoms with van der Waals surface area (Å²) in [5.74, 6) is -0.760. The van der Waals surface area contributed by atoms with Crippen molar-refractivity contribution in [3.63, 3.8) is 0 Å². The monoisotopic (exact) mass is 238 g/mol. The summed E-state index contributed by atoms with van der Waals surface area (Å²) in [6, 6.07) is 0. The zero-order valence-corrected chi connectivity index (χ0v) is 11.4. The van der Waals surface area contributed by atoms with Crippen molar-refractivity contribution < 1.29 is 14.7 Å². The molecule has 1 aliphatic rings. The molecule has 0 unspecified atom stereocenters. The van der Waals surface area contributed by atoms with Gasteiger partial charge in [-0.1, -0.05) is 46.8 Å². The second kappa shape index (κ2) is 3.77. The van der Waals surface area contributed by atoms with Gasteiger partial charge >= 0.3 is 0 Å². The molecule has 0 bridgehead atoms. The number of rotatable bonds is 3. The van der Waals surface area contributed by atoms with Gasteiger partial charge in [0.1, 0.15) is 0 Å². The molecule has 96 valence electrons. The summed E-state index contributed by atoms with van der Waals surface area (Å²) in [5.41, 5.74) is -2.83. The van der Waals surface area contributed by atoms with E-state index in [1.165, 1.54) is 0 Å². The maximum atomic E-state index is 12.3. The van der Waals surface area contributed by atoms with Crippen molar-refractivity contribution in [3.8, 4) is 0 Å². The van der Waals surface area contributed by atoms with Crippen LogP contribution in [0.1, 0.15) is 47.5 Å². The Labute approximate surface area is 103 Å². The third kappa shape index (κ3) is 1.68. The second-order valence-electron chi connectivity index (χ2n) is 6.05. The molecule has 17 heavy (non-hydrogen) atoms. The lowest BCUT2D eigenvalue weighted by Crippen LogP contribution is -2.43. The van der Waals surface area contributed by atoms with E-state index in [2.05, 4.69) is 6.58 Å². The molecular formula is C14H22O3. The summed E-state index contributed by atoms with van der Waals surface area (Å²) in [7, 11) is 0. The minimum Gasteiger partial charge on any atom is -0.374 e. The SMILES string of the molecule is C=C(CC)CC1(O)C(=O)C(C)(C)C(C)(C)C1=O. The van der Waals surface area contributed by atoms with E-state index in [1.54, 1.807) is 27.7 Å². The fourth-order valence-electron chi connectivity index (χ4n) is 2.35. The lowest BCUT2D eigenvalue weighted by molar-refractivity contribution is -0.147. The van der Waals surface area contributed by atoms with Crippen LogP contribution in [0.25, 0.3) is 0 Å². The molecule has 1 aliphatic carbocycles. The zero-order chi connectivity index (χ0) is 13.6. The first kappa shape index (κ1) is 14.1. The Morgan fingerprint density at radius 3 is 1.76 bits per heavy atom. The van der Waals surface area contributed by atoms with Gasteiger partial charge in [0.25, 0.3) is 0 Å². The lowest BCUT2D eigenvalue weighted by atomic mass is 9.70. The van der Waals surface area contributed by atoms with Gasteiger partial charge in [-0.15, -0.1) is 0 Å². The maximum Gasteiger partial charge on any atom is 0.185 e. The fourth-order valence-corrected chi connectivity index (χ4v) is 2.35. The quantitative estimate of drug-likeness (QED) is 0.606. The fraction of sp³-hybridized carbons (Fsp3) is 0.714. The summed E-state index contributed by atoms with van der Waals surface area (Å²) >= 11 is 0. The number of aliphatic hydroxyl groups is 1. The van der Waals surface area contributed by atoms with E-state index in [-0.39, 0.29) is 18.0 Å². The molecule has 3 heteroatoms. The van der Waals surface area contributed by atoms with Gasteiger partial charge in [0, 0.05) is 17.3 Å². The van der Waals surface area contributed by atoms with E-state index in [0.717, 1.165) is 5.57 Å². The molecule has 1 saturated carbocycles. The van der Waals surface area contributed by atoms with E-state index >= 15 is 0 Å². The molecule has 1 fully saturated rings. The van der Waals surface area contributed by atoms with Crippen molar-refractivity contribution in [2.24, 2.45) is 10.8 Å². The summed E-state index contributed by atoms with van der Waals surface area (Å²) in [6.45, 7) is 12.6. The topological polar surface area (TPSA) is 54.4 Å². The third-order valence-electron chi connectivity index (χ3n) is 4.45. The molecule has 0 spiro atoms. The molecule has 1 N–H and O–H groups in total. The third-order valence-corrected chi connectivity index (χ3v) is 4.45. The molecule has 0 aliphatic heterocycles. The average molecular weight is 238 g/mol. The minimum absolute atomic E-state index is 0.0496. The van der Waals surface area contributed by atoms with Crippen LogP contribution in [0.3, 0.4) is 0 Å². The largest absolute Gasteiger partial charge is 0.374 e. The summed E-state index contributed by atoms with van der Waals surface area (Å²) in [6.07, 6.45) is 0.706. The number of hydrogen-bond acceptors (Lipinski definition) is 3. The van der Waals surface area contributed by atoms with Gasteiger partial charge in [0.05, 0.1) is 0 Å². The highest BCUT2D eigenvalue weighted by molar-refractivity contribution is 6.21. The van der Waals surface area contributed by atoms with Crippen LogP contribution in [0.15, 0.2) is 12.2 Å².